The number of amides is 1. The number of hydrogen-bond acceptors (Lipinski definition) is 5. The molecule has 0 saturated carbocycles. The lowest BCUT2D eigenvalue weighted by atomic mass is 10.0. The van der Waals surface area contributed by atoms with Crippen molar-refractivity contribution in [3.05, 3.63) is 100 Å². The molecule has 2 atom stereocenters. The van der Waals surface area contributed by atoms with Crippen molar-refractivity contribution in [3.63, 3.8) is 0 Å². The maximum absolute atomic E-state index is 13.5. The van der Waals surface area contributed by atoms with E-state index in [1.165, 1.54) is 17.3 Å². The van der Waals surface area contributed by atoms with Crippen LogP contribution in [0.25, 0.3) is 22.4 Å². The van der Waals surface area contributed by atoms with Gasteiger partial charge in [0, 0.05) is 6.54 Å². The van der Waals surface area contributed by atoms with Gasteiger partial charge in [0.2, 0.25) is 11.7 Å². The Balaban J connectivity index is 1.48. The maximum Gasteiger partial charge on any atom is 0.267 e. The zero-order valence-corrected chi connectivity index (χ0v) is 21.2. The monoisotopic (exact) mass is 497 g/mol. The lowest BCUT2D eigenvalue weighted by Crippen LogP contribution is -2.33. The number of carbonyl (C=O) groups is 1. The SMILES string of the molecule is Cc1ccccc1-n1c(=O)c2ccccc2n2c(SC(C)C(=O)NCC(C)c3ccccc3)nnc12. The van der Waals surface area contributed by atoms with Gasteiger partial charge in [-0.3, -0.25) is 14.0 Å². The topological polar surface area (TPSA) is 81.3 Å². The van der Waals surface area contributed by atoms with Crippen LogP contribution in [-0.2, 0) is 4.79 Å². The lowest BCUT2D eigenvalue weighted by Gasteiger charge is -2.16. The Labute approximate surface area is 213 Å². The highest BCUT2D eigenvalue weighted by Gasteiger charge is 2.22. The van der Waals surface area contributed by atoms with Crippen LogP contribution in [-0.4, -0.2) is 36.9 Å². The van der Waals surface area contributed by atoms with Crippen molar-refractivity contribution in [1.82, 2.24) is 24.5 Å². The largest absolute Gasteiger partial charge is 0.355 e. The fourth-order valence-corrected chi connectivity index (χ4v) is 5.17. The van der Waals surface area contributed by atoms with Gasteiger partial charge in [0.05, 0.1) is 21.8 Å². The third-order valence-electron chi connectivity index (χ3n) is 6.35. The Bertz CT molecular complexity index is 1610. The van der Waals surface area contributed by atoms with E-state index >= 15 is 0 Å². The Kier molecular flexibility index (Phi) is 6.61. The van der Waals surface area contributed by atoms with Crippen LogP contribution in [0.4, 0.5) is 0 Å². The van der Waals surface area contributed by atoms with E-state index in [0.717, 1.165) is 11.3 Å². The number of carbonyl (C=O) groups excluding carboxylic acids is 1. The summed E-state index contributed by atoms with van der Waals surface area (Å²) in [6.45, 7) is 6.46. The number of hydrogen-bond donors (Lipinski definition) is 1. The average Bonchev–Trinajstić information content (AvgIpc) is 3.32. The first-order chi connectivity index (χ1) is 17.5. The predicted molar refractivity (Wildman–Crippen MR) is 144 cm³/mol. The molecule has 2 heterocycles. The van der Waals surface area contributed by atoms with E-state index in [9.17, 15) is 9.59 Å². The highest BCUT2D eigenvalue weighted by Crippen LogP contribution is 2.27. The fourth-order valence-electron chi connectivity index (χ4n) is 4.29. The van der Waals surface area contributed by atoms with Crippen LogP contribution < -0.4 is 10.9 Å². The minimum Gasteiger partial charge on any atom is -0.355 e. The molecule has 0 aliphatic heterocycles. The Morgan fingerprint density at radius 2 is 1.64 bits per heavy atom. The summed E-state index contributed by atoms with van der Waals surface area (Å²) < 4.78 is 3.46. The number of fused-ring (bicyclic) bond motifs is 3. The van der Waals surface area contributed by atoms with Gasteiger partial charge >= 0.3 is 0 Å². The second-order valence-corrected chi connectivity index (χ2v) is 10.2. The van der Waals surface area contributed by atoms with Crippen LogP contribution >= 0.6 is 11.8 Å². The summed E-state index contributed by atoms with van der Waals surface area (Å²) in [4.78, 5) is 26.5. The number of nitrogens with zero attached hydrogens (tertiary/aromatic N) is 4. The Morgan fingerprint density at radius 3 is 2.42 bits per heavy atom. The molecule has 36 heavy (non-hydrogen) atoms. The molecule has 182 valence electrons. The molecule has 0 bridgehead atoms. The number of aromatic nitrogens is 4. The van der Waals surface area contributed by atoms with E-state index < -0.39 is 5.25 Å². The molecule has 2 unspecified atom stereocenters. The third kappa shape index (κ3) is 4.40. The molecule has 0 aliphatic carbocycles. The summed E-state index contributed by atoms with van der Waals surface area (Å²) >= 11 is 1.33. The molecular weight excluding hydrogens is 470 g/mol. The van der Waals surface area contributed by atoms with E-state index in [0.29, 0.717) is 28.4 Å². The molecule has 1 amide bonds. The van der Waals surface area contributed by atoms with Crippen molar-refractivity contribution < 1.29 is 4.79 Å². The van der Waals surface area contributed by atoms with Crippen molar-refractivity contribution >= 4 is 34.3 Å². The molecule has 0 aliphatic rings. The van der Waals surface area contributed by atoms with Crippen LogP contribution in [0.15, 0.2) is 88.8 Å². The van der Waals surface area contributed by atoms with Gasteiger partial charge in [-0.2, -0.15) is 0 Å². The standard InChI is InChI=1S/C28H27N5O2S/c1-18-11-7-9-15-23(18)32-26(35)22-14-8-10-16-24(22)33-27(32)30-31-28(33)36-20(3)25(34)29-17-19(2)21-12-5-4-6-13-21/h4-16,19-20H,17H2,1-3H3,(H,29,34). The zero-order chi connectivity index (χ0) is 25.2. The van der Waals surface area contributed by atoms with Gasteiger partial charge in [-0.15, -0.1) is 10.2 Å². The van der Waals surface area contributed by atoms with Crippen LogP contribution in [0.1, 0.15) is 30.9 Å². The fraction of sp³-hybridized carbons (Fsp3) is 0.214. The second kappa shape index (κ2) is 9.99. The second-order valence-electron chi connectivity index (χ2n) is 8.88. The highest BCUT2D eigenvalue weighted by molar-refractivity contribution is 8.00. The molecular formula is C28H27N5O2S. The van der Waals surface area contributed by atoms with Gasteiger partial charge in [-0.25, -0.2) is 4.57 Å². The van der Waals surface area contributed by atoms with Crippen LogP contribution in [0.5, 0.6) is 0 Å². The number of rotatable bonds is 7. The minimum absolute atomic E-state index is 0.0731. The summed E-state index contributed by atoms with van der Waals surface area (Å²) in [6, 6.07) is 25.2. The van der Waals surface area contributed by atoms with Crippen molar-refractivity contribution in [3.8, 4) is 5.69 Å². The Hall–Kier alpha value is -3.91. The smallest absolute Gasteiger partial charge is 0.267 e. The number of benzene rings is 3. The van der Waals surface area contributed by atoms with Gasteiger partial charge in [-0.1, -0.05) is 79.3 Å². The predicted octanol–water partition coefficient (Wildman–Crippen LogP) is 4.74. The van der Waals surface area contributed by atoms with Crippen molar-refractivity contribution in [2.45, 2.75) is 37.1 Å². The van der Waals surface area contributed by atoms with Crippen molar-refractivity contribution in [2.24, 2.45) is 0 Å². The summed E-state index contributed by atoms with van der Waals surface area (Å²) in [5, 5.41) is 12.6. The molecule has 5 rings (SSSR count). The number of para-hydroxylation sites is 2. The first-order valence-electron chi connectivity index (χ1n) is 11.9. The van der Waals surface area contributed by atoms with Gasteiger partial charge < -0.3 is 5.32 Å². The molecule has 7 nitrogen and oxygen atoms in total. The molecule has 2 aromatic heterocycles. The minimum atomic E-state index is -0.405. The molecule has 1 N–H and O–H groups in total. The Morgan fingerprint density at radius 1 is 0.944 bits per heavy atom. The molecule has 3 aromatic carbocycles. The number of nitrogens with one attached hydrogen (secondary N) is 1. The molecule has 5 aromatic rings. The number of aryl methyl sites for hydroxylation is 1. The first kappa shape index (κ1) is 23.8. The third-order valence-corrected chi connectivity index (χ3v) is 7.40. The van der Waals surface area contributed by atoms with Crippen LogP contribution in [0.2, 0.25) is 0 Å². The number of thioether (sulfide) groups is 1. The summed E-state index contributed by atoms with van der Waals surface area (Å²) in [5.74, 6) is 0.547. The van der Waals surface area contributed by atoms with E-state index in [1.807, 2.05) is 78.9 Å². The van der Waals surface area contributed by atoms with Gasteiger partial charge in [-0.05, 0) is 49.1 Å². The lowest BCUT2D eigenvalue weighted by molar-refractivity contribution is -0.120. The average molecular weight is 498 g/mol. The summed E-state index contributed by atoms with van der Waals surface area (Å²) in [6.07, 6.45) is 0. The molecule has 0 radical (unpaired) electrons. The van der Waals surface area contributed by atoms with Crippen molar-refractivity contribution in [2.75, 3.05) is 6.54 Å². The normalized spacial score (nSPS) is 13.1. The molecule has 0 fully saturated rings. The van der Waals surface area contributed by atoms with Gasteiger partial charge in [0.25, 0.3) is 5.56 Å². The van der Waals surface area contributed by atoms with E-state index in [1.54, 1.807) is 10.6 Å². The van der Waals surface area contributed by atoms with Gasteiger partial charge in [0.1, 0.15) is 0 Å². The van der Waals surface area contributed by atoms with E-state index in [2.05, 4.69) is 34.6 Å². The highest BCUT2D eigenvalue weighted by atomic mass is 32.2. The zero-order valence-electron chi connectivity index (χ0n) is 20.4. The van der Waals surface area contributed by atoms with Crippen LogP contribution in [0, 0.1) is 6.92 Å². The molecule has 0 spiro atoms. The van der Waals surface area contributed by atoms with E-state index in [4.69, 9.17) is 0 Å². The molecule has 8 heteroatoms. The van der Waals surface area contributed by atoms with Gasteiger partial charge in [0.15, 0.2) is 5.16 Å². The first-order valence-corrected chi connectivity index (χ1v) is 12.8. The summed E-state index contributed by atoms with van der Waals surface area (Å²) in [7, 11) is 0. The van der Waals surface area contributed by atoms with Crippen LogP contribution in [0.3, 0.4) is 0 Å². The molecule has 0 saturated heterocycles. The van der Waals surface area contributed by atoms with E-state index in [-0.39, 0.29) is 17.4 Å². The van der Waals surface area contributed by atoms with Crippen molar-refractivity contribution in [1.29, 1.82) is 0 Å². The quantitative estimate of drug-likeness (QED) is 0.329. The maximum atomic E-state index is 13.5. The summed E-state index contributed by atoms with van der Waals surface area (Å²) in [5.41, 5.74) is 3.44.